The molecule has 0 fully saturated rings. The van der Waals surface area contributed by atoms with Gasteiger partial charge in [0, 0.05) is 23.9 Å². The van der Waals surface area contributed by atoms with Gasteiger partial charge in [-0.15, -0.1) is 0 Å². The molecule has 0 aliphatic rings. The summed E-state index contributed by atoms with van der Waals surface area (Å²) in [5.41, 5.74) is 6.38. The molecule has 4 aromatic rings. The number of aromatic nitrogens is 1. The van der Waals surface area contributed by atoms with Crippen LogP contribution in [0.15, 0.2) is 83.9 Å². The lowest BCUT2D eigenvalue weighted by atomic mass is 9.76. The fourth-order valence-corrected chi connectivity index (χ4v) is 5.45. The van der Waals surface area contributed by atoms with E-state index in [2.05, 4.69) is 9.71 Å². The third-order valence-electron chi connectivity index (χ3n) is 5.91. The molecule has 1 heterocycles. The second-order valence-electron chi connectivity index (χ2n) is 9.39. The van der Waals surface area contributed by atoms with Crippen molar-refractivity contribution >= 4 is 44.8 Å². The number of hydrogen-bond acceptors (Lipinski definition) is 7. The highest BCUT2D eigenvalue weighted by molar-refractivity contribution is 7.89. The van der Waals surface area contributed by atoms with Crippen molar-refractivity contribution < 1.29 is 28.4 Å². The summed E-state index contributed by atoms with van der Waals surface area (Å²) >= 11 is 0. The third-order valence-corrected chi connectivity index (χ3v) is 7.41. The first-order valence-electron chi connectivity index (χ1n) is 12.2. The number of hydrogen-bond donors (Lipinski definition) is 5. The van der Waals surface area contributed by atoms with E-state index in [0.717, 1.165) is 16.3 Å². The predicted molar refractivity (Wildman–Crippen MR) is 149 cm³/mol. The highest BCUT2D eigenvalue weighted by atomic mass is 32.2. The van der Waals surface area contributed by atoms with Gasteiger partial charge in [0.05, 0.1) is 5.52 Å². The molecule has 0 saturated heterocycles. The minimum atomic E-state index is -4.10. The number of nitrogens with zero attached hydrogens (tertiary/aromatic N) is 1. The van der Waals surface area contributed by atoms with Crippen LogP contribution in [0.5, 0.6) is 0 Å². The van der Waals surface area contributed by atoms with Crippen LogP contribution >= 0.6 is 0 Å². The Hall–Kier alpha value is -3.35. The van der Waals surface area contributed by atoms with E-state index >= 15 is 0 Å². The highest BCUT2D eigenvalue weighted by Gasteiger charge is 2.27. The van der Waals surface area contributed by atoms with Gasteiger partial charge in [0.2, 0.25) is 10.0 Å². The molecule has 0 saturated carbocycles. The number of nitrogens with one attached hydrogen (secondary N) is 1. The first-order valence-corrected chi connectivity index (χ1v) is 13.6. The molecule has 6 N–H and O–H groups in total. The molecular formula is C27H32BN3O6S. The van der Waals surface area contributed by atoms with Crippen molar-refractivity contribution in [1.82, 2.24) is 9.71 Å². The van der Waals surface area contributed by atoms with Crippen LogP contribution in [-0.2, 0) is 21.2 Å². The first kappa shape index (κ1) is 29.2. The number of aliphatic carboxylic acids is 1. The van der Waals surface area contributed by atoms with Gasteiger partial charge in [0.15, 0.2) is 0 Å². The van der Waals surface area contributed by atoms with Crippen LogP contribution in [0.2, 0.25) is 0 Å². The van der Waals surface area contributed by atoms with E-state index in [4.69, 9.17) is 15.8 Å². The van der Waals surface area contributed by atoms with Crippen molar-refractivity contribution in [1.29, 1.82) is 0 Å². The summed E-state index contributed by atoms with van der Waals surface area (Å²) in [5, 5.41) is 29.2. The molecule has 4 rings (SSSR count). The van der Waals surface area contributed by atoms with Crippen LogP contribution in [-0.4, -0.2) is 53.6 Å². The zero-order chi connectivity index (χ0) is 27.9. The van der Waals surface area contributed by atoms with Gasteiger partial charge in [-0.25, -0.2) is 8.42 Å². The van der Waals surface area contributed by atoms with Crippen molar-refractivity contribution in [3.63, 3.8) is 0 Å². The maximum Gasteiger partial charge on any atom is 0.469 e. The Balaban J connectivity index is 0.000000383. The van der Waals surface area contributed by atoms with Crippen LogP contribution in [0, 0.1) is 5.92 Å². The normalized spacial score (nSPS) is 13.1. The van der Waals surface area contributed by atoms with Crippen LogP contribution in [0.1, 0.15) is 25.8 Å². The van der Waals surface area contributed by atoms with Gasteiger partial charge >= 0.3 is 13.1 Å². The summed E-state index contributed by atoms with van der Waals surface area (Å²) in [6.45, 7) is 3.98. The summed E-state index contributed by atoms with van der Waals surface area (Å²) in [6.07, 6.45) is 2.18. The standard InChI is InChI=1S/C22H18N2O4S.C5H14BNO2/c25-22(26)19(14-17-9-3-7-15-6-1-2-11-18(15)17)24-29(27,28)20-12-4-8-16-10-5-13-23-21(16)20;1-4(2)3-5(7)6(8)9/h1-13,19,24H,14H2,(H,25,26);4-5,8-9H,3,7H2,1-2H3/t19-;5-/m00/s1. The lowest BCUT2D eigenvalue weighted by Gasteiger charge is -2.17. The van der Waals surface area contributed by atoms with Gasteiger partial charge in [0.1, 0.15) is 10.9 Å². The average Bonchev–Trinajstić information content (AvgIpc) is 2.88. The minimum Gasteiger partial charge on any atom is -0.480 e. The lowest BCUT2D eigenvalue weighted by molar-refractivity contribution is -0.138. The van der Waals surface area contributed by atoms with Gasteiger partial charge in [0.25, 0.3) is 0 Å². The molecule has 0 radical (unpaired) electrons. The van der Waals surface area contributed by atoms with Gasteiger partial charge in [-0.2, -0.15) is 4.72 Å². The van der Waals surface area contributed by atoms with E-state index in [1.165, 1.54) is 12.3 Å². The number of pyridine rings is 1. The van der Waals surface area contributed by atoms with E-state index < -0.39 is 35.1 Å². The second kappa shape index (κ2) is 12.9. The number of carboxylic acid groups (broad SMARTS) is 1. The number of carboxylic acids is 1. The third kappa shape index (κ3) is 7.59. The Morgan fingerprint density at radius 2 is 1.61 bits per heavy atom. The van der Waals surface area contributed by atoms with Crippen molar-refractivity contribution in [3.05, 3.63) is 84.6 Å². The summed E-state index contributed by atoms with van der Waals surface area (Å²) in [7, 11) is -5.47. The number of carbonyl (C=O) groups is 1. The number of fused-ring (bicyclic) bond motifs is 2. The molecule has 3 aromatic carbocycles. The van der Waals surface area contributed by atoms with Crippen molar-refractivity contribution in [3.8, 4) is 0 Å². The largest absolute Gasteiger partial charge is 0.480 e. The molecule has 1 aromatic heterocycles. The zero-order valence-electron chi connectivity index (χ0n) is 21.2. The smallest absolute Gasteiger partial charge is 0.469 e. The maximum atomic E-state index is 13.0. The van der Waals surface area contributed by atoms with Gasteiger partial charge in [-0.05, 0) is 40.8 Å². The van der Waals surface area contributed by atoms with E-state index in [1.807, 2.05) is 56.3 Å². The SMILES string of the molecule is CC(C)C[C@H](N)B(O)O.O=C(O)[C@H](Cc1cccc2ccccc12)NS(=O)(=O)c1cccc2cccnc12. The van der Waals surface area contributed by atoms with Crippen molar-refractivity contribution in [2.75, 3.05) is 0 Å². The number of sulfonamides is 1. The van der Waals surface area contributed by atoms with Crippen LogP contribution in [0.3, 0.4) is 0 Å². The Morgan fingerprint density at radius 1 is 0.974 bits per heavy atom. The minimum absolute atomic E-state index is 0.0219. The first-order chi connectivity index (χ1) is 18.0. The van der Waals surface area contributed by atoms with Crippen molar-refractivity contribution in [2.45, 2.75) is 43.6 Å². The van der Waals surface area contributed by atoms with E-state index in [0.29, 0.717) is 23.2 Å². The maximum absolute atomic E-state index is 13.0. The van der Waals surface area contributed by atoms with E-state index in [1.54, 1.807) is 24.3 Å². The monoisotopic (exact) mass is 537 g/mol. The molecule has 0 aliphatic heterocycles. The Kier molecular flexibility index (Phi) is 9.95. The number of nitrogens with two attached hydrogens (primary N) is 1. The summed E-state index contributed by atoms with van der Waals surface area (Å²) in [4.78, 5) is 16.0. The molecule has 38 heavy (non-hydrogen) atoms. The second-order valence-corrected chi connectivity index (χ2v) is 11.1. The molecule has 2 atom stereocenters. The molecule has 0 aliphatic carbocycles. The molecule has 11 heteroatoms. The Bertz CT molecular complexity index is 1490. The molecule has 0 unspecified atom stereocenters. The quantitative estimate of drug-likeness (QED) is 0.204. The van der Waals surface area contributed by atoms with Crippen LogP contribution in [0.25, 0.3) is 21.7 Å². The highest BCUT2D eigenvalue weighted by Crippen LogP contribution is 2.23. The van der Waals surface area contributed by atoms with Gasteiger partial charge in [-0.1, -0.05) is 74.5 Å². The molecular weight excluding hydrogens is 505 g/mol. The molecule has 0 bridgehead atoms. The number of para-hydroxylation sites is 1. The lowest BCUT2D eigenvalue weighted by Crippen LogP contribution is -2.42. The fourth-order valence-electron chi connectivity index (χ4n) is 4.08. The predicted octanol–water partition coefficient (Wildman–Crippen LogP) is 2.73. The Labute approximate surface area is 222 Å². The molecule has 200 valence electrons. The van der Waals surface area contributed by atoms with E-state index in [-0.39, 0.29) is 11.3 Å². The Morgan fingerprint density at radius 3 is 2.26 bits per heavy atom. The summed E-state index contributed by atoms with van der Waals surface area (Å²) < 4.78 is 28.3. The zero-order valence-corrected chi connectivity index (χ0v) is 22.0. The number of benzene rings is 3. The fraction of sp³-hybridized carbons (Fsp3) is 0.259. The van der Waals surface area contributed by atoms with E-state index in [9.17, 15) is 18.3 Å². The summed E-state index contributed by atoms with van der Waals surface area (Å²) in [6, 6.07) is 20.1. The van der Waals surface area contributed by atoms with Crippen molar-refractivity contribution in [2.24, 2.45) is 11.7 Å². The summed E-state index contributed by atoms with van der Waals surface area (Å²) in [5.74, 6) is -1.32. The molecule has 0 spiro atoms. The molecule has 0 amide bonds. The van der Waals surface area contributed by atoms with Crippen LogP contribution < -0.4 is 10.5 Å². The topological polar surface area (TPSA) is 163 Å². The van der Waals surface area contributed by atoms with Gasteiger partial charge in [-0.3, -0.25) is 9.78 Å². The van der Waals surface area contributed by atoms with Gasteiger partial charge < -0.3 is 20.9 Å². The van der Waals surface area contributed by atoms with Crippen LogP contribution in [0.4, 0.5) is 0 Å². The average molecular weight is 537 g/mol. The number of rotatable bonds is 9. The molecule has 9 nitrogen and oxygen atoms in total.